The van der Waals surface area contributed by atoms with E-state index in [1.54, 1.807) is 19.9 Å². The maximum Gasteiger partial charge on any atom is 0.330 e. The summed E-state index contributed by atoms with van der Waals surface area (Å²) in [7, 11) is 0. The lowest BCUT2D eigenvalue weighted by molar-refractivity contribution is -0.165. The van der Waals surface area contributed by atoms with Crippen molar-refractivity contribution in [3.63, 3.8) is 0 Å². The first kappa shape index (κ1) is 51.2. The van der Waals surface area contributed by atoms with E-state index in [0.717, 1.165) is 77.9 Å². The number of thiophene rings is 1. The van der Waals surface area contributed by atoms with E-state index in [4.69, 9.17) is 19.3 Å². The van der Waals surface area contributed by atoms with E-state index in [1.807, 2.05) is 38.1 Å². The van der Waals surface area contributed by atoms with Crippen LogP contribution in [0.25, 0.3) is 16.7 Å². The topological polar surface area (TPSA) is 203 Å². The zero-order valence-corrected chi connectivity index (χ0v) is 38.7. The molecule has 0 bridgehead atoms. The number of unbranched alkanes of at least 4 members (excludes halogenated alkanes) is 5. The van der Waals surface area contributed by atoms with Crippen LogP contribution in [0.1, 0.15) is 100 Å². The Morgan fingerprint density at radius 1 is 1.08 bits per heavy atom. The van der Waals surface area contributed by atoms with Crippen molar-refractivity contribution in [3.05, 3.63) is 78.6 Å². The van der Waals surface area contributed by atoms with Crippen LogP contribution in [-0.4, -0.2) is 100 Å². The molecule has 4 heterocycles. The van der Waals surface area contributed by atoms with Crippen LogP contribution in [0.2, 0.25) is 0 Å². The molecule has 5 rings (SSSR count). The smallest absolute Gasteiger partial charge is 0.330 e. The number of halogens is 2. The molecular formula is C46H65BrFN3O10S. The van der Waals surface area contributed by atoms with Gasteiger partial charge in [0.1, 0.15) is 17.7 Å². The van der Waals surface area contributed by atoms with Crippen LogP contribution in [0.4, 0.5) is 10.2 Å². The van der Waals surface area contributed by atoms with Crippen molar-refractivity contribution in [1.29, 1.82) is 0 Å². The first-order valence-corrected chi connectivity index (χ1v) is 23.2. The van der Waals surface area contributed by atoms with Gasteiger partial charge in [-0.05, 0) is 93.0 Å². The van der Waals surface area contributed by atoms with Gasteiger partial charge in [-0.3, -0.25) is 9.59 Å². The number of carboxylic acid groups (broad SMARTS) is 1. The van der Waals surface area contributed by atoms with E-state index in [1.165, 1.54) is 17.4 Å². The van der Waals surface area contributed by atoms with Crippen molar-refractivity contribution in [2.24, 2.45) is 11.8 Å². The number of nitrogens with one attached hydrogen (secondary N) is 3. The largest absolute Gasteiger partial charge is 0.481 e. The highest BCUT2D eigenvalue weighted by Crippen LogP contribution is 2.39. The lowest BCUT2D eigenvalue weighted by Gasteiger charge is -2.38. The monoisotopic (exact) mass is 949 g/mol. The fourth-order valence-corrected chi connectivity index (χ4v) is 9.26. The molecule has 2 aliphatic rings. The molecule has 8 atom stereocenters. The van der Waals surface area contributed by atoms with Crippen molar-refractivity contribution < 1.29 is 48.6 Å². The second kappa shape index (κ2) is 25.7. The van der Waals surface area contributed by atoms with E-state index >= 15 is 0 Å². The standard InChI is InChI=1S/C26H44O9.C20H21BrFN3OS/c1-16(13-23(30)33-11-9-7-5-4-6-8-10-22(28)29)12-20-25(32)24(31)19(15-34-20)14-21-26(35-21)17(2)18(3)27;1-12-17(27-20(13(2)22)19(12)21)11-23-8-5-9-24-18-10-16(26)14-6-3-4-7-15(14)25-18/h13,17-21,24-27,31-32H,4-12,14-15H2,1-3H3,(H,28,29);3-4,6-7,10,23H,2,5,8-9,11H2,1H3,(H2,24,25,26)/b16-13+;/t17-,18-,19-,20-,21-,24+,25-,26-;/m0./s1. The number of rotatable bonds is 24. The number of pyridine rings is 1. The number of carbonyl (C=O) groups is 2. The molecule has 62 heavy (non-hydrogen) atoms. The number of epoxide rings is 1. The number of aromatic amines is 1. The molecule has 0 radical (unpaired) electrons. The van der Waals surface area contributed by atoms with Gasteiger partial charge in [-0.15, -0.1) is 11.3 Å². The summed E-state index contributed by atoms with van der Waals surface area (Å²) in [6, 6.07) is 9.06. The summed E-state index contributed by atoms with van der Waals surface area (Å²) < 4.78 is 30.9. The number of ether oxygens (including phenoxy) is 3. The van der Waals surface area contributed by atoms with Gasteiger partial charge in [-0.1, -0.05) is 56.9 Å². The number of hydrogen-bond acceptors (Lipinski definition) is 12. The molecule has 0 saturated carbocycles. The number of aliphatic hydroxyl groups excluding tert-OH is 3. The van der Waals surface area contributed by atoms with Crippen LogP contribution < -0.4 is 16.1 Å². The number of carboxylic acids is 1. The minimum atomic E-state index is -1.06. The van der Waals surface area contributed by atoms with Gasteiger partial charge in [0.25, 0.3) is 0 Å². The number of anilines is 1. The average Bonchev–Trinajstić information content (AvgIpc) is 3.94. The Hall–Kier alpha value is -3.48. The van der Waals surface area contributed by atoms with Crippen molar-refractivity contribution in [2.75, 3.05) is 31.6 Å². The van der Waals surface area contributed by atoms with Crippen LogP contribution in [0, 0.1) is 18.8 Å². The summed E-state index contributed by atoms with van der Waals surface area (Å²) >= 11 is 4.85. The van der Waals surface area contributed by atoms with Gasteiger partial charge in [0.05, 0.1) is 54.1 Å². The number of aliphatic hydroxyl groups is 3. The van der Waals surface area contributed by atoms with Crippen LogP contribution in [0.3, 0.4) is 0 Å². The molecule has 16 heteroatoms. The summed E-state index contributed by atoms with van der Waals surface area (Å²) in [5.74, 6) is -1.10. The van der Waals surface area contributed by atoms with Crippen LogP contribution in [0.15, 0.2) is 57.8 Å². The third-order valence-electron chi connectivity index (χ3n) is 11.4. The third kappa shape index (κ3) is 16.3. The first-order valence-electron chi connectivity index (χ1n) is 21.6. The maximum atomic E-state index is 13.4. The van der Waals surface area contributed by atoms with Crippen LogP contribution >= 0.6 is 27.3 Å². The van der Waals surface area contributed by atoms with Crippen molar-refractivity contribution in [1.82, 2.24) is 10.3 Å². The molecule has 0 amide bonds. The highest BCUT2D eigenvalue weighted by Gasteiger charge is 2.48. The molecule has 3 aromatic rings. The summed E-state index contributed by atoms with van der Waals surface area (Å²) in [6.07, 6.45) is 5.51. The van der Waals surface area contributed by atoms with Gasteiger partial charge in [-0.2, -0.15) is 0 Å². The summed E-state index contributed by atoms with van der Waals surface area (Å²) in [5.41, 5.74) is 2.59. The average molecular weight is 951 g/mol. The molecule has 7 N–H and O–H groups in total. The minimum absolute atomic E-state index is 0.00831. The Bertz CT molecular complexity index is 2010. The molecule has 2 saturated heterocycles. The molecule has 13 nitrogen and oxygen atoms in total. The summed E-state index contributed by atoms with van der Waals surface area (Å²) in [6.45, 7) is 13.7. The number of carbonyl (C=O) groups excluding carboxylic acids is 1. The number of aliphatic carboxylic acids is 1. The normalized spacial score (nSPS) is 22.0. The van der Waals surface area contributed by atoms with Gasteiger partial charge in [-0.25, -0.2) is 9.18 Å². The van der Waals surface area contributed by atoms with Gasteiger partial charge < -0.3 is 50.3 Å². The summed E-state index contributed by atoms with van der Waals surface area (Å²) in [4.78, 5) is 39.5. The molecular weight excluding hydrogens is 885 g/mol. The SMILES string of the molecule is C/C(=C\C(=O)OCCCCCCCCC(=O)O)C[C@@H]1OC[C@H](C[C@@H]2O[C@H]2[C@@H](C)[C@H](C)O)[C@@H](O)[C@H]1O.C=C(F)c1sc(CNCCCNc2cc(=O)c3ccccc3[nH]2)c(C)c1Br. The van der Waals surface area contributed by atoms with Gasteiger partial charge in [0.15, 0.2) is 5.43 Å². The number of H-pyrrole nitrogens is 1. The number of hydrogen-bond donors (Lipinski definition) is 7. The van der Waals surface area contributed by atoms with E-state index in [9.17, 15) is 34.1 Å². The van der Waals surface area contributed by atoms with E-state index in [0.29, 0.717) is 54.9 Å². The molecule has 0 aliphatic carbocycles. The van der Waals surface area contributed by atoms with Crippen molar-refractivity contribution in [2.45, 2.75) is 135 Å². The van der Waals surface area contributed by atoms with Crippen LogP contribution in [-0.2, 0) is 30.3 Å². The fraction of sp³-hybridized carbons (Fsp3) is 0.587. The predicted octanol–water partition coefficient (Wildman–Crippen LogP) is 7.79. The molecule has 2 aliphatic heterocycles. The third-order valence-corrected chi connectivity index (χ3v) is 14.0. The van der Waals surface area contributed by atoms with Crippen LogP contribution in [0.5, 0.6) is 0 Å². The number of para-hydroxylation sites is 1. The number of aromatic nitrogens is 1. The first-order chi connectivity index (χ1) is 29.6. The fourth-order valence-electron chi connectivity index (χ4n) is 7.40. The second-order valence-electron chi connectivity index (χ2n) is 16.5. The minimum Gasteiger partial charge on any atom is -0.481 e. The number of esters is 1. The Labute approximate surface area is 376 Å². The Balaban J connectivity index is 0.000000281. The quantitative estimate of drug-likeness (QED) is 0.0199. The van der Waals surface area contributed by atoms with E-state index in [-0.39, 0.29) is 35.9 Å². The molecule has 0 unspecified atom stereocenters. The molecule has 2 aromatic heterocycles. The lowest BCUT2D eigenvalue weighted by Crippen LogP contribution is -2.50. The van der Waals surface area contributed by atoms with E-state index in [2.05, 4.69) is 38.1 Å². The Morgan fingerprint density at radius 3 is 2.48 bits per heavy atom. The number of benzene rings is 1. The van der Waals surface area contributed by atoms with Crippen molar-refractivity contribution >= 4 is 61.8 Å². The second-order valence-corrected chi connectivity index (χ2v) is 18.4. The Morgan fingerprint density at radius 2 is 1.79 bits per heavy atom. The zero-order chi connectivity index (χ0) is 45.3. The van der Waals surface area contributed by atoms with Crippen molar-refractivity contribution in [3.8, 4) is 0 Å². The Kier molecular flexibility index (Phi) is 21.2. The lowest BCUT2D eigenvalue weighted by atomic mass is 9.85. The highest BCUT2D eigenvalue weighted by molar-refractivity contribution is 9.10. The molecule has 0 spiro atoms. The molecule has 2 fully saturated rings. The maximum absolute atomic E-state index is 13.4. The predicted molar refractivity (Wildman–Crippen MR) is 245 cm³/mol. The summed E-state index contributed by atoms with van der Waals surface area (Å²) in [5, 5.41) is 46.8. The number of fused-ring (bicyclic) bond motifs is 1. The van der Waals surface area contributed by atoms with Gasteiger partial charge in [0, 0.05) is 58.2 Å². The van der Waals surface area contributed by atoms with Gasteiger partial charge in [0.2, 0.25) is 0 Å². The molecule has 344 valence electrons. The zero-order valence-electron chi connectivity index (χ0n) is 36.3. The molecule has 1 aromatic carbocycles. The van der Waals surface area contributed by atoms with Gasteiger partial charge >= 0.3 is 11.9 Å². The highest BCUT2D eigenvalue weighted by atomic mass is 79.9. The van der Waals surface area contributed by atoms with E-state index < -0.39 is 42.2 Å².